The minimum atomic E-state index is -0.833. The second-order valence-electron chi connectivity index (χ2n) is 5.88. The molecule has 0 saturated heterocycles. The number of benzene rings is 1. The van der Waals surface area contributed by atoms with Crippen LogP contribution in [0.2, 0.25) is 0 Å². The van der Waals surface area contributed by atoms with Crippen molar-refractivity contribution >= 4 is 34.8 Å². The summed E-state index contributed by atoms with van der Waals surface area (Å²) >= 11 is 0. The molecule has 15 heteroatoms. The highest BCUT2D eigenvalue weighted by Crippen LogP contribution is 2.27. The number of nitrogens with zero attached hydrogens (tertiary/aromatic N) is 5. The molecule has 2 amide bonds. The van der Waals surface area contributed by atoms with Gasteiger partial charge in [0.2, 0.25) is 11.6 Å². The van der Waals surface area contributed by atoms with Gasteiger partial charge in [-0.2, -0.15) is 0 Å². The first-order valence-corrected chi connectivity index (χ1v) is 8.63. The fourth-order valence-corrected chi connectivity index (χ4v) is 2.37. The van der Waals surface area contributed by atoms with Gasteiger partial charge in [0.15, 0.2) is 0 Å². The number of aromatic nitrogens is 3. The zero-order chi connectivity index (χ0) is 23.1. The molecule has 4 N–H and O–H groups in total. The zero-order valence-corrected chi connectivity index (χ0v) is 15.9. The van der Waals surface area contributed by atoms with Crippen molar-refractivity contribution in [2.24, 2.45) is 0 Å². The average Bonchev–Trinajstić information content (AvgIpc) is 2.81. The van der Waals surface area contributed by atoms with E-state index in [0.717, 1.165) is 12.4 Å². The Morgan fingerprint density at radius 3 is 2.03 bits per heavy atom. The van der Waals surface area contributed by atoms with Gasteiger partial charge in [-0.15, -0.1) is 0 Å². The van der Waals surface area contributed by atoms with Gasteiger partial charge in [-0.3, -0.25) is 56.5 Å². The standard InChI is InChI=1S/C17H13N9O6/c27-16(10-3-1-5-12(7-10)25(29)30)23-21-14-13(26(31)32)15(20-9-19-14)22-24-17(28)11-4-2-6-18-8-11/h1-9H,(H,23,27)(H,24,28)(H2,19,20,21,22). The summed E-state index contributed by atoms with van der Waals surface area (Å²) < 4.78 is 0. The third-order valence-electron chi connectivity index (χ3n) is 3.84. The lowest BCUT2D eigenvalue weighted by atomic mass is 10.2. The summed E-state index contributed by atoms with van der Waals surface area (Å²) in [4.78, 5) is 56.4. The van der Waals surface area contributed by atoms with Crippen LogP contribution in [-0.4, -0.2) is 36.6 Å². The molecule has 0 aliphatic rings. The van der Waals surface area contributed by atoms with Gasteiger partial charge in [0, 0.05) is 30.1 Å². The molecule has 162 valence electrons. The first-order valence-electron chi connectivity index (χ1n) is 8.63. The van der Waals surface area contributed by atoms with Crippen LogP contribution in [0.15, 0.2) is 55.1 Å². The Labute approximate surface area is 178 Å². The predicted molar refractivity (Wildman–Crippen MR) is 108 cm³/mol. The molecule has 0 radical (unpaired) electrons. The molecule has 0 atom stereocenters. The minimum absolute atomic E-state index is 0.0644. The predicted octanol–water partition coefficient (Wildman–Crippen LogP) is 1.20. The summed E-state index contributed by atoms with van der Waals surface area (Å²) in [6.45, 7) is 0. The van der Waals surface area contributed by atoms with E-state index in [-0.39, 0.29) is 22.6 Å². The Hall–Kier alpha value is -5.21. The van der Waals surface area contributed by atoms with E-state index < -0.39 is 33.2 Å². The molecule has 32 heavy (non-hydrogen) atoms. The van der Waals surface area contributed by atoms with E-state index in [2.05, 4.69) is 36.7 Å². The van der Waals surface area contributed by atoms with E-state index in [1.807, 2.05) is 0 Å². The van der Waals surface area contributed by atoms with Crippen LogP contribution in [0.1, 0.15) is 20.7 Å². The number of pyridine rings is 1. The summed E-state index contributed by atoms with van der Waals surface area (Å²) in [5.74, 6) is -2.20. The van der Waals surface area contributed by atoms with Crippen LogP contribution in [0.3, 0.4) is 0 Å². The van der Waals surface area contributed by atoms with E-state index in [1.165, 1.54) is 42.7 Å². The lowest BCUT2D eigenvalue weighted by Crippen LogP contribution is -2.32. The molecule has 0 unspecified atom stereocenters. The fourth-order valence-electron chi connectivity index (χ4n) is 2.37. The number of hydrazine groups is 2. The molecule has 0 spiro atoms. The maximum absolute atomic E-state index is 12.2. The molecule has 3 rings (SSSR count). The van der Waals surface area contributed by atoms with Crippen molar-refractivity contribution in [1.82, 2.24) is 25.8 Å². The highest BCUT2D eigenvalue weighted by atomic mass is 16.6. The Balaban J connectivity index is 1.74. The summed E-state index contributed by atoms with van der Waals surface area (Å²) in [5, 5.41) is 22.4. The monoisotopic (exact) mass is 439 g/mol. The number of hydrogen-bond acceptors (Lipinski definition) is 11. The van der Waals surface area contributed by atoms with E-state index >= 15 is 0 Å². The number of carbonyl (C=O) groups is 2. The molecule has 0 saturated carbocycles. The summed E-state index contributed by atoms with van der Waals surface area (Å²) in [5.41, 5.74) is 8.15. The van der Waals surface area contributed by atoms with Crippen LogP contribution in [0.5, 0.6) is 0 Å². The number of carbonyl (C=O) groups excluding carboxylic acids is 2. The van der Waals surface area contributed by atoms with E-state index in [4.69, 9.17) is 0 Å². The van der Waals surface area contributed by atoms with Gasteiger partial charge in [0.25, 0.3) is 17.5 Å². The number of amides is 2. The molecule has 1 aromatic carbocycles. The molecular weight excluding hydrogens is 426 g/mol. The van der Waals surface area contributed by atoms with Gasteiger partial charge in [-0.25, -0.2) is 9.97 Å². The highest BCUT2D eigenvalue weighted by Gasteiger charge is 2.24. The number of nitro benzene ring substituents is 1. The molecule has 0 aliphatic heterocycles. The van der Waals surface area contributed by atoms with Crippen molar-refractivity contribution in [3.63, 3.8) is 0 Å². The van der Waals surface area contributed by atoms with Crippen LogP contribution in [0.25, 0.3) is 0 Å². The normalized spacial score (nSPS) is 10.0. The Kier molecular flexibility index (Phi) is 6.40. The minimum Gasteiger partial charge on any atom is -0.276 e. The number of anilines is 2. The van der Waals surface area contributed by atoms with Crippen molar-refractivity contribution < 1.29 is 19.4 Å². The maximum atomic E-state index is 12.2. The van der Waals surface area contributed by atoms with Gasteiger partial charge >= 0.3 is 5.69 Å². The number of nitrogens with one attached hydrogen (secondary N) is 4. The van der Waals surface area contributed by atoms with Crippen LogP contribution < -0.4 is 21.7 Å². The Morgan fingerprint density at radius 1 is 0.844 bits per heavy atom. The quantitative estimate of drug-likeness (QED) is 0.289. The van der Waals surface area contributed by atoms with Crippen molar-refractivity contribution in [2.45, 2.75) is 0 Å². The first-order chi connectivity index (χ1) is 15.4. The Morgan fingerprint density at radius 2 is 1.47 bits per heavy atom. The van der Waals surface area contributed by atoms with Crippen molar-refractivity contribution in [3.8, 4) is 0 Å². The van der Waals surface area contributed by atoms with Crippen LogP contribution in [0.4, 0.5) is 23.0 Å². The maximum Gasteiger partial charge on any atom is 0.356 e. The van der Waals surface area contributed by atoms with Gasteiger partial charge in [0.05, 0.1) is 15.4 Å². The largest absolute Gasteiger partial charge is 0.356 e. The lowest BCUT2D eigenvalue weighted by molar-refractivity contribution is -0.384. The number of hydrogen-bond donors (Lipinski definition) is 4. The number of rotatable bonds is 8. The molecule has 0 aliphatic carbocycles. The average molecular weight is 439 g/mol. The molecule has 0 bridgehead atoms. The molecule has 15 nitrogen and oxygen atoms in total. The first kappa shape index (κ1) is 21.5. The molecule has 2 aromatic heterocycles. The SMILES string of the molecule is O=C(NNc1ncnc(NNC(=O)c2cccc([N+](=O)[O-])c2)c1[N+](=O)[O-])c1cccnc1. The third-order valence-corrected chi connectivity index (χ3v) is 3.84. The van der Waals surface area contributed by atoms with Crippen LogP contribution in [-0.2, 0) is 0 Å². The summed E-state index contributed by atoms with van der Waals surface area (Å²) in [6.07, 6.45) is 3.72. The Bertz CT molecular complexity index is 1190. The van der Waals surface area contributed by atoms with E-state index in [9.17, 15) is 29.8 Å². The highest BCUT2D eigenvalue weighted by molar-refractivity contribution is 5.96. The fraction of sp³-hybridized carbons (Fsp3) is 0. The third kappa shape index (κ3) is 5.03. The smallest absolute Gasteiger partial charge is 0.276 e. The summed E-state index contributed by atoms with van der Waals surface area (Å²) in [6, 6.07) is 7.89. The van der Waals surface area contributed by atoms with E-state index in [1.54, 1.807) is 0 Å². The zero-order valence-electron chi connectivity index (χ0n) is 15.9. The second-order valence-corrected chi connectivity index (χ2v) is 5.88. The van der Waals surface area contributed by atoms with E-state index in [0.29, 0.717) is 0 Å². The van der Waals surface area contributed by atoms with Crippen LogP contribution >= 0.6 is 0 Å². The van der Waals surface area contributed by atoms with Crippen LogP contribution in [0, 0.1) is 20.2 Å². The number of nitro groups is 2. The number of non-ortho nitro benzene ring substituents is 1. The molecule has 2 heterocycles. The molecule has 0 fully saturated rings. The van der Waals surface area contributed by atoms with Gasteiger partial charge in [-0.05, 0) is 18.2 Å². The summed E-state index contributed by atoms with van der Waals surface area (Å²) in [7, 11) is 0. The lowest BCUT2D eigenvalue weighted by Gasteiger charge is -2.11. The van der Waals surface area contributed by atoms with Crippen molar-refractivity contribution in [3.05, 3.63) is 86.5 Å². The second kappa shape index (κ2) is 9.53. The van der Waals surface area contributed by atoms with Gasteiger partial charge < -0.3 is 0 Å². The van der Waals surface area contributed by atoms with Crippen molar-refractivity contribution in [1.29, 1.82) is 0 Å². The topological polar surface area (TPSA) is 207 Å². The molecular formula is C17H13N9O6. The van der Waals surface area contributed by atoms with Crippen molar-refractivity contribution in [2.75, 3.05) is 10.9 Å². The van der Waals surface area contributed by atoms with Gasteiger partial charge in [0.1, 0.15) is 6.33 Å². The molecule has 3 aromatic rings. The van der Waals surface area contributed by atoms with Gasteiger partial charge in [-0.1, -0.05) is 6.07 Å².